The van der Waals surface area contributed by atoms with Crippen LogP contribution < -0.4 is 0 Å². The number of aliphatic hydroxyl groups excluding tert-OH is 11. The van der Waals surface area contributed by atoms with Gasteiger partial charge in [-0.05, 0) is 0 Å². The van der Waals surface area contributed by atoms with Crippen molar-refractivity contribution in [3.8, 4) is 0 Å². The minimum absolute atomic E-state index is 0.616. The summed E-state index contributed by atoms with van der Waals surface area (Å²) in [5, 5.41) is 109. The van der Waals surface area contributed by atoms with Crippen LogP contribution in [0.25, 0.3) is 0 Å². The van der Waals surface area contributed by atoms with Crippen LogP contribution in [0.15, 0.2) is 0 Å². The number of hydrogen-bond donors (Lipinski definition) is 11. The number of hydrogen-bond acceptors (Lipinski definition) is 16. The lowest BCUT2D eigenvalue weighted by Crippen LogP contribution is -2.64. The van der Waals surface area contributed by atoms with Crippen LogP contribution in [0.4, 0.5) is 0 Å². The second-order valence-electron chi connectivity index (χ2n) is 8.37. The fourth-order valence-electron chi connectivity index (χ4n) is 3.94. The highest BCUT2D eigenvalue weighted by Crippen LogP contribution is 2.29. The van der Waals surface area contributed by atoms with Crippen LogP contribution in [0.5, 0.6) is 0 Å². The molecule has 3 fully saturated rings. The second kappa shape index (κ2) is 11.6. The van der Waals surface area contributed by atoms with Gasteiger partial charge in [0.25, 0.3) is 0 Å². The lowest BCUT2D eigenvalue weighted by molar-refractivity contribution is -0.367. The molecular formula is C18H32O16. The summed E-state index contributed by atoms with van der Waals surface area (Å²) < 4.78 is 26.1. The molecule has 3 rings (SSSR count). The SMILES string of the molecule is OC[C@H]1O[C@@H](OC[C@H]2O[C@H](O[C@H]3C(O)O[C@H](CO)[C@@H](O)[C@@H]3O)[C@H](O)[C@@H](O)[C@H]2O)[C@H](O)[C@@H](O)[C@@H]1O. The van der Waals surface area contributed by atoms with Crippen molar-refractivity contribution in [1.29, 1.82) is 0 Å². The Morgan fingerprint density at radius 3 is 1.56 bits per heavy atom. The minimum Gasteiger partial charge on any atom is -0.394 e. The monoisotopic (exact) mass is 504 g/mol. The third-order valence-corrected chi connectivity index (χ3v) is 6.08. The fourth-order valence-corrected chi connectivity index (χ4v) is 3.94. The molecule has 16 heteroatoms. The summed E-state index contributed by atoms with van der Waals surface area (Å²) in [5.41, 5.74) is 0. The molecule has 0 aliphatic carbocycles. The first kappa shape index (κ1) is 27.9. The zero-order valence-electron chi connectivity index (χ0n) is 17.7. The molecule has 0 aromatic carbocycles. The molecule has 15 atom stereocenters. The van der Waals surface area contributed by atoms with Gasteiger partial charge in [-0.2, -0.15) is 0 Å². The van der Waals surface area contributed by atoms with Crippen molar-refractivity contribution in [2.75, 3.05) is 19.8 Å². The Balaban J connectivity index is 1.64. The van der Waals surface area contributed by atoms with Crippen LogP contribution in [-0.4, -0.2) is 168 Å². The highest BCUT2D eigenvalue weighted by Gasteiger charge is 2.51. The first-order valence-electron chi connectivity index (χ1n) is 10.6. The van der Waals surface area contributed by atoms with E-state index in [2.05, 4.69) is 0 Å². The smallest absolute Gasteiger partial charge is 0.187 e. The average Bonchev–Trinajstić information content (AvgIpc) is 2.82. The summed E-state index contributed by atoms with van der Waals surface area (Å²) in [6, 6.07) is 0. The van der Waals surface area contributed by atoms with Gasteiger partial charge in [0.15, 0.2) is 18.9 Å². The van der Waals surface area contributed by atoms with Gasteiger partial charge in [-0.25, -0.2) is 0 Å². The molecule has 0 amide bonds. The van der Waals surface area contributed by atoms with Crippen molar-refractivity contribution in [2.24, 2.45) is 0 Å². The largest absolute Gasteiger partial charge is 0.394 e. The first-order chi connectivity index (χ1) is 16.0. The van der Waals surface area contributed by atoms with E-state index in [1.807, 2.05) is 0 Å². The van der Waals surface area contributed by atoms with Gasteiger partial charge in [0.2, 0.25) is 0 Å². The van der Waals surface area contributed by atoms with Crippen molar-refractivity contribution in [3.63, 3.8) is 0 Å². The van der Waals surface area contributed by atoms with E-state index in [1.165, 1.54) is 0 Å². The van der Waals surface area contributed by atoms with Gasteiger partial charge in [0.05, 0.1) is 19.8 Å². The van der Waals surface area contributed by atoms with E-state index in [4.69, 9.17) is 28.8 Å². The molecule has 16 nitrogen and oxygen atoms in total. The maximum atomic E-state index is 10.2. The van der Waals surface area contributed by atoms with E-state index >= 15 is 0 Å². The number of rotatable bonds is 7. The zero-order chi connectivity index (χ0) is 25.3. The molecule has 0 aromatic rings. The van der Waals surface area contributed by atoms with Crippen LogP contribution in [0, 0.1) is 0 Å². The summed E-state index contributed by atoms with van der Waals surface area (Å²) in [6.45, 7) is -2.03. The molecule has 3 saturated heterocycles. The lowest BCUT2D eigenvalue weighted by Gasteiger charge is -2.45. The van der Waals surface area contributed by atoms with Gasteiger partial charge in [0.1, 0.15) is 73.2 Å². The predicted molar refractivity (Wildman–Crippen MR) is 101 cm³/mol. The molecule has 0 saturated carbocycles. The molecule has 0 spiro atoms. The predicted octanol–water partition coefficient (Wildman–Crippen LogP) is -7.57. The molecule has 0 radical (unpaired) electrons. The summed E-state index contributed by atoms with van der Waals surface area (Å²) >= 11 is 0. The van der Waals surface area contributed by atoms with Gasteiger partial charge >= 0.3 is 0 Å². The van der Waals surface area contributed by atoms with E-state index < -0.39 is 112 Å². The van der Waals surface area contributed by atoms with E-state index in [9.17, 15) is 51.1 Å². The Bertz CT molecular complexity index is 639. The normalized spacial score (nSPS) is 52.5. The standard InChI is InChI=1S/C18H32O16/c19-1-4-8(22)12(26)15(16(29)31-4)34-18-14(28)11(25)9(23)6(33-18)3-30-17-13(27)10(24)7(21)5(2-20)32-17/h4-29H,1-3H2/t4-,5-,6-,7-,8-,9+,10+,11+,12+,13-,14-,15-,16?,17-,18-/m1/s1. The average molecular weight is 504 g/mol. The summed E-state index contributed by atoms with van der Waals surface area (Å²) in [5.74, 6) is 0. The highest BCUT2D eigenvalue weighted by atomic mass is 16.7. The van der Waals surface area contributed by atoms with E-state index in [0.717, 1.165) is 0 Å². The first-order valence-corrected chi connectivity index (χ1v) is 10.6. The van der Waals surface area contributed by atoms with Crippen LogP contribution in [0.2, 0.25) is 0 Å². The molecule has 11 N–H and O–H groups in total. The Morgan fingerprint density at radius 1 is 0.500 bits per heavy atom. The quantitative estimate of drug-likeness (QED) is 0.154. The molecule has 3 aliphatic rings. The maximum absolute atomic E-state index is 10.2. The van der Waals surface area contributed by atoms with Gasteiger partial charge in [-0.3, -0.25) is 0 Å². The maximum Gasteiger partial charge on any atom is 0.187 e. The molecule has 200 valence electrons. The molecule has 0 aromatic heterocycles. The molecule has 0 bridgehead atoms. The van der Waals surface area contributed by atoms with Crippen molar-refractivity contribution >= 4 is 0 Å². The highest BCUT2D eigenvalue weighted by molar-refractivity contribution is 4.94. The van der Waals surface area contributed by atoms with Crippen LogP contribution in [0.3, 0.4) is 0 Å². The molecule has 3 aliphatic heterocycles. The van der Waals surface area contributed by atoms with Crippen LogP contribution >= 0.6 is 0 Å². The summed E-state index contributed by atoms with van der Waals surface area (Å²) in [4.78, 5) is 0. The molecule has 3 heterocycles. The fraction of sp³-hybridized carbons (Fsp3) is 1.00. The molecular weight excluding hydrogens is 472 g/mol. The van der Waals surface area contributed by atoms with Crippen molar-refractivity contribution < 1.29 is 79.9 Å². The van der Waals surface area contributed by atoms with Crippen molar-refractivity contribution in [3.05, 3.63) is 0 Å². The van der Waals surface area contributed by atoms with E-state index in [0.29, 0.717) is 0 Å². The van der Waals surface area contributed by atoms with Crippen molar-refractivity contribution in [1.82, 2.24) is 0 Å². The van der Waals surface area contributed by atoms with E-state index in [-0.39, 0.29) is 0 Å². The third kappa shape index (κ3) is 5.52. The second-order valence-corrected chi connectivity index (χ2v) is 8.37. The Kier molecular flexibility index (Phi) is 9.54. The Hall–Kier alpha value is -0.640. The van der Waals surface area contributed by atoms with Crippen LogP contribution in [0.1, 0.15) is 0 Å². The lowest BCUT2D eigenvalue weighted by atomic mass is 9.97. The number of ether oxygens (including phenoxy) is 5. The number of aliphatic hydroxyl groups is 11. The minimum atomic E-state index is -1.88. The Labute approximate surface area is 192 Å². The zero-order valence-corrected chi connectivity index (χ0v) is 17.7. The molecule has 1 unspecified atom stereocenters. The van der Waals surface area contributed by atoms with Gasteiger partial charge in [-0.15, -0.1) is 0 Å². The van der Waals surface area contributed by atoms with Gasteiger partial charge in [-0.1, -0.05) is 0 Å². The summed E-state index contributed by atoms with van der Waals surface area (Å²) in [6.07, 6.45) is -25.0. The summed E-state index contributed by atoms with van der Waals surface area (Å²) in [7, 11) is 0. The van der Waals surface area contributed by atoms with E-state index in [1.54, 1.807) is 0 Å². The molecule has 34 heavy (non-hydrogen) atoms. The van der Waals surface area contributed by atoms with Gasteiger partial charge < -0.3 is 79.9 Å². The topological polar surface area (TPSA) is 269 Å². The van der Waals surface area contributed by atoms with Gasteiger partial charge in [0, 0.05) is 0 Å². The third-order valence-electron chi connectivity index (χ3n) is 6.08. The van der Waals surface area contributed by atoms with Crippen LogP contribution in [-0.2, 0) is 23.7 Å². The Morgan fingerprint density at radius 2 is 0.971 bits per heavy atom. The van der Waals surface area contributed by atoms with Crippen molar-refractivity contribution in [2.45, 2.75) is 92.1 Å².